The molecule has 1 aliphatic heterocycles. The van der Waals surface area contributed by atoms with Crippen LogP contribution >= 0.6 is 11.8 Å². The van der Waals surface area contributed by atoms with Crippen molar-refractivity contribution in [2.24, 2.45) is 10.2 Å². The summed E-state index contributed by atoms with van der Waals surface area (Å²) in [5, 5.41) is 10.8. The van der Waals surface area contributed by atoms with Gasteiger partial charge in [-0.15, -0.1) is 5.10 Å². The van der Waals surface area contributed by atoms with E-state index in [4.69, 9.17) is 9.47 Å². The number of esters is 1. The predicted octanol–water partition coefficient (Wildman–Crippen LogP) is 1.17. The Hall–Kier alpha value is -2.35. The Morgan fingerprint density at radius 3 is 2.86 bits per heavy atom. The Kier molecular flexibility index (Phi) is 4.94. The van der Waals surface area contributed by atoms with Gasteiger partial charge in [0.15, 0.2) is 16.7 Å². The summed E-state index contributed by atoms with van der Waals surface area (Å²) in [6.07, 6.45) is 1.49. The van der Waals surface area contributed by atoms with Crippen LogP contribution in [0.5, 0.6) is 11.5 Å². The maximum absolute atomic E-state index is 11.0. The molecule has 1 aromatic rings. The van der Waals surface area contributed by atoms with Crippen molar-refractivity contribution in [2.75, 3.05) is 12.9 Å². The van der Waals surface area contributed by atoms with Gasteiger partial charge in [0.25, 0.3) is 0 Å². The highest BCUT2D eigenvalue weighted by Gasteiger charge is 2.15. The summed E-state index contributed by atoms with van der Waals surface area (Å²) >= 11 is 1.29. The molecular formula is C13H13N3O4S. The Bertz CT molecular complexity index is 628. The first-order chi connectivity index (χ1) is 10.1. The molecule has 1 aliphatic rings. The molecule has 1 N–H and O–H groups in total. The Labute approximate surface area is 125 Å². The summed E-state index contributed by atoms with van der Waals surface area (Å²) < 4.78 is 10.1. The molecule has 8 heteroatoms. The molecule has 0 atom stereocenters. The Morgan fingerprint density at radius 2 is 2.24 bits per heavy atom. The SMILES string of the molecule is COc1ccc(C=NN=C2NC(=O)CS2)cc1OC(C)=O. The lowest BCUT2D eigenvalue weighted by atomic mass is 10.2. The lowest BCUT2D eigenvalue weighted by Gasteiger charge is -2.08. The average Bonchev–Trinajstić information content (AvgIpc) is 2.84. The standard InChI is InChI=1S/C13H13N3O4S/c1-8(17)20-11-5-9(3-4-10(11)19-2)6-14-16-13-15-12(18)7-21-13/h3-6H,7H2,1-2H3,(H,15,16,18). The number of methoxy groups -OCH3 is 1. The van der Waals surface area contributed by atoms with E-state index in [0.717, 1.165) is 0 Å². The third-order valence-electron chi connectivity index (χ3n) is 2.38. The molecule has 0 aromatic heterocycles. The van der Waals surface area contributed by atoms with Crippen LogP contribution in [0.25, 0.3) is 0 Å². The number of hydrogen-bond acceptors (Lipinski definition) is 7. The van der Waals surface area contributed by atoms with Crippen molar-refractivity contribution in [3.05, 3.63) is 23.8 Å². The van der Waals surface area contributed by atoms with E-state index < -0.39 is 5.97 Å². The fourth-order valence-electron chi connectivity index (χ4n) is 1.54. The number of nitrogens with zero attached hydrogens (tertiary/aromatic N) is 2. The van der Waals surface area contributed by atoms with Crippen molar-refractivity contribution in [1.82, 2.24) is 5.32 Å². The van der Waals surface area contributed by atoms with E-state index in [1.54, 1.807) is 18.2 Å². The normalized spacial score (nSPS) is 16.3. The molecule has 1 heterocycles. The molecule has 2 rings (SSSR count). The van der Waals surface area contributed by atoms with Crippen molar-refractivity contribution >= 4 is 35.0 Å². The van der Waals surface area contributed by atoms with Gasteiger partial charge in [0.1, 0.15) is 0 Å². The summed E-state index contributed by atoms with van der Waals surface area (Å²) in [4.78, 5) is 22.0. The summed E-state index contributed by atoms with van der Waals surface area (Å²) in [5.41, 5.74) is 0.686. The molecule has 1 saturated heterocycles. The number of rotatable bonds is 4. The van der Waals surface area contributed by atoms with Gasteiger partial charge in [-0.05, 0) is 23.8 Å². The number of thioether (sulfide) groups is 1. The van der Waals surface area contributed by atoms with Crippen LogP contribution in [-0.4, -0.2) is 36.1 Å². The lowest BCUT2D eigenvalue weighted by Crippen LogP contribution is -2.19. The van der Waals surface area contributed by atoms with Crippen LogP contribution in [0.2, 0.25) is 0 Å². The monoisotopic (exact) mass is 307 g/mol. The van der Waals surface area contributed by atoms with Crippen LogP contribution in [0, 0.1) is 0 Å². The molecule has 0 spiro atoms. The second-order valence-corrected chi connectivity index (χ2v) is 4.95. The smallest absolute Gasteiger partial charge is 0.308 e. The molecule has 110 valence electrons. The minimum Gasteiger partial charge on any atom is -0.493 e. The number of ether oxygens (including phenoxy) is 2. The predicted molar refractivity (Wildman–Crippen MR) is 79.9 cm³/mol. The molecule has 0 radical (unpaired) electrons. The molecule has 0 saturated carbocycles. The highest BCUT2D eigenvalue weighted by molar-refractivity contribution is 8.15. The summed E-state index contributed by atoms with van der Waals surface area (Å²) in [5.74, 6) is 0.591. The molecule has 0 aliphatic carbocycles. The minimum absolute atomic E-state index is 0.0875. The topological polar surface area (TPSA) is 89.3 Å². The Balaban J connectivity index is 2.13. The van der Waals surface area contributed by atoms with E-state index in [9.17, 15) is 9.59 Å². The molecule has 1 fully saturated rings. The van der Waals surface area contributed by atoms with Crippen LogP contribution < -0.4 is 14.8 Å². The third kappa shape index (κ3) is 4.32. The maximum Gasteiger partial charge on any atom is 0.308 e. The number of amidine groups is 1. The van der Waals surface area contributed by atoms with Crippen LogP contribution in [-0.2, 0) is 9.59 Å². The van der Waals surface area contributed by atoms with Gasteiger partial charge in [-0.3, -0.25) is 9.59 Å². The quantitative estimate of drug-likeness (QED) is 0.390. The van der Waals surface area contributed by atoms with Crippen LogP contribution in [0.15, 0.2) is 28.4 Å². The maximum atomic E-state index is 11.0. The van der Waals surface area contributed by atoms with Gasteiger partial charge >= 0.3 is 5.97 Å². The summed E-state index contributed by atoms with van der Waals surface area (Å²) in [6.45, 7) is 1.31. The van der Waals surface area contributed by atoms with Gasteiger partial charge < -0.3 is 14.8 Å². The highest BCUT2D eigenvalue weighted by atomic mass is 32.2. The van der Waals surface area contributed by atoms with Gasteiger partial charge in [0.2, 0.25) is 5.91 Å². The van der Waals surface area contributed by atoms with Gasteiger partial charge in [-0.2, -0.15) is 5.10 Å². The van der Waals surface area contributed by atoms with Crippen molar-refractivity contribution in [3.8, 4) is 11.5 Å². The lowest BCUT2D eigenvalue weighted by molar-refractivity contribution is -0.132. The van der Waals surface area contributed by atoms with Crippen molar-refractivity contribution in [1.29, 1.82) is 0 Å². The zero-order valence-corrected chi connectivity index (χ0v) is 12.3. The summed E-state index contributed by atoms with van der Waals surface area (Å²) in [6, 6.07) is 5.03. The fourth-order valence-corrected chi connectivity index (χ4v) is 2.17. The van der Waals surface area contributed by atoms with Gasteiger partial charge in [0, 0.05) is 6.92 Å². The number of nitrogens with one attached hydrogen (secondary N) is 1. The van der Waals surface area contributed by atoms with Gasteiger partial charge in [-0.1, -0.05) is 11.8 Å². The number of carbonyl (C=O) groups excluding carboxylic acids is 2. The van der Waals surface area contributed by atoms with Crippen molar-refractivity contribution in [3.63, 3.8) is 0 Å². The minimum atomic E-state index is -0.437. The second kappa shape index (κ2) is 6.89. The third-order valence-corrected chi connectivity index (χ3v) is 3.25. The first-order valence-electron chi connectivity index (χ1n) is 5.98. The number of carbonyl (C=O) groups is 2. The molecular weight excluding hydrogens is 294 g/mol. The Morgan fingerprint density at radius 1 is 1.43 bits per heavy atom. The zero-order chi connectivity index (χ0) is 15.2. The van der Waals surface area contributed by atoms with E-state index >= 15 is 0 Å². The molecule has 0 bridgehead atoms. The fraction of sp³-hybridized carbons (Fsp3) is 0.231. The molecule has 21 heavy (non-hydrogen) atoms. The summed E-state index contributed by atoms with van der Waals surface area (Å²) in [7, 11) is 1.49. The average molecular weight is 307 g/mol. The van der Waals surface area contributed by atoms with Crippen molar-refractivity contribution in [2.45, 2.75) is 6.92 Å². The van der Waals surface area contributed by atoms with E-state index in [2.05, 4.69) is 15.5 Å². The van der Waals surface area contributed by atoms with Gasteiger partial charge in [-0.25, -0.2) is 0 Å². The van der Waals surface area contributed by atoms with E-state index in [1.165, 1.54) is 32.0 Å². The van der Waals surface area contributed by atoms with E-state index in [0.29, 0.717) is 28.0 Å². The van der Waals surface area contributed by atoms with Crippen LogP contribution in [0.4, 0.5) is 0 Å². The first-order valence-corrected chi connectivity index (χ1v) is 6.97. The van der Waals surface area contributed by atoms with Crippen molar-refractivity contribution < 1.29 is 19.1 Å². The van der Waals surface area contributed by atoms with E-state index in [-0.39, 0.29) is 5.91 Å². The second-order valence-electron chi connectivity index (χ2n) is 3.99. The molecule has 7 nitrogen and oxygen atoms in total. The molecule has 1 amide bonds. The van der Waals surface area contributed by atoms with E-state index in [1.807, 2.05) is 0 Å². The first kappa shape index (κ1) is 15.0. The molecule has 1 aromatic carbocycles. The van der Waals surface area contributed by atoms with Crippen LogP contribution in [0.1, 0.15) is 12.5 Å². The highest BCUT2D eigenvalue weighted by Crippen LogP contribution is 2.27. The number of benzene rings is 1. The number of amides is 1. The van der Waals surface area contributed by atoms with Crippen LogP contribution in [0.3, 0.4) is 0 Å². The van der Waals surface area contributed by atoms with Gasteiger partial charge in [0.05, 0.1) is 19.1 Å². The molecule has 0 unspecified atom stereocenters. The zero-order valence-electron chi connectivity index (χ0n) is 11.5. The number of hydrogen-bond donors (Lipinski definition) is 1. The largest absolute Gasteiger partial charge is 0.493 e.